The maximum absolute atomic E-state index is 13.3. The number of amides is 3. The molecule has 14 nitrogen and oxygen atoms in total. The van der Waals surface area contributed by atoms with Gasteiger partial charge in [0.25, 0.3) is 11.8 Å². The highest BCUT2D eigenvalue weighted by atomic mass is 16.7. The first-order valence-electron chi connectivity index (χ1n) is 12.0. The van der Waals surface area contributed by atoms with Crippen LogP contribution in [0.1, 0.15) is 27.6 Å². The van der Waals surface area contributed by atoms with E-state index in [1.807, 2.05) is 0 Å². The second-order valence-corrected chi connectivity index (χ2v) is 9.21. The molecular formula is C24H32N2O12. The van der Waals surface area contributed by atoms with Crippen molar-refractivity contribution in [2.45, 2.75) is 68.2 Å². The van der Waals surface area contributed by atoms with Gasteiger partial charge in [-0.2, -0.15) is 0 Å². The van der Waals surface area contributed by atoms with Gasteiger partial charge in [-0.15, -0.1) is 0 Å². The van der Waals surface area contributed by atoms with E-state index in [1.165, 1.54) is 33.3 Å². The van der Waals surface area contributed by atoms with Crippen LogP contribution in [0.4, 0.5) is 0 Å². The zero-order chi connectivity index (χ0) is 27.7. The molecule has 0 saturated carbocycles. The Morgan fingerprint density at radius 3 is 1.97 bits per heavy atom. The Labute approximate surface area is 218 Å². The van der Waals surface area contributed by atoms with Crippen LogP contribution in [-0.2, 0) is 28.5 Å². The molecule has 4 rings (SSSR count). The minimum Gasteiger partial charge on any atom is -0.394 e. The topological polar surface area (TPSA) is 194 Å². The lowest BCUT2D eigenvalue weighted by Gasteiger charge is -2.49. The molecule has 2 fully saturated rings. The number of fused-ring (bicyclic) bond motifs is 1. The largest absolute Gasteiger partial charge is 0.394 e. The minimum absolute atomic E-state index is 0.115. The normalized spacial score (nSPS) is 37.3. The number of benzene rings is 1. The summed E-state index contributed by atoms with van der Waals surface area (Å²) < 4.78 is 28.1. The van der Waals surface area contributed by atoms with Gasteiger partial charge in [0.2, 0.25) is 5.91 Å². The van der Waals surface area contributed by atoms with E-state index in [2.05, 4.69) is 5.32 Å². The lowest BCUT2D eigenvalue weighted by molar-refractivity contribution is -0.336. The summed E-state index contributed by atoms with van der Waals surface area (Å²) in [4.78, 5) is 39.1. The van der Waals surface area contributed by atoms with Gasteiger partial charge in [-0.25, -0.2) is 0 Å². The standard InChI is InChI=1S/C24H32N2O12/c1-10(29)25-15-17(30)20(14(9-28)36-23(15)35-3)38-24-16(18(31)19(34-2)13(8-27)37-24)26-21(32)11-6-4-5-7-12(11)22(26)33/h4-7,13-20,23-24,27-28,30-31H,8-9H2,1-3H3,(H,25,29). The van der Waals surface area contributed by atoms with Gasteiger partial charge in [0.1, 0.15) is 48.7 Å². The van der Waals surface area contributed by atoms with Gasteiger partial charge in [0.15, 0.2) is 12.6 Å². The van der Waals surface area contributed by atoms with Crippen molar-refractivity contribution in [1.29, 1.82) is 0 Å². The number of imide groups is 1. The fraction of sp³-hybridized carbons (Fsp3) is 0.625. The Bertz CT molecular complexity index is 1000. The van der Waals surface area contributed by atoms with E-state index in [0.29, 0.717) is 0 Å². The molecule has 0 spiro atoms. The summed E-state index contributed by atoms with van der Waals surface area (Å²) in [6.45, 7) is -0.0355. The van der Waals surface area contributed by atoms with Gasteiger partial charge in [0, 0.05) is 21.1 Å². The van der Waals surface area contributed by atoms with Crippen LogP contribution in [0.5, 0.6) is 0 Å². The van der Waals surface area contributed by atoms with Gasteiger partial charge in [-0.3, -0.25) is 19.3 Å². The maximum atomic E-state index is 13.3. The minimum atomic E-state index is -1.61. The van der Waals surface area contributed by atoms with Crippen LogP contribution in [0.25, 0.3) is 0 Å². The molecule has 14 heteroatoms. The number of nitrogens with one attached hydrogen (secondary N) is 1. The number of hydrogen-bond donors (Lipinski definition) is 5. The summed E-state index contributed by atoms with van der Waals surface area (Å²) in [5.74, 6) is -1.92. The molecule has 210 valence electrons. The molecule has 10 unspecified atom stereocenters. The van der Waals surface area contributed by atoms with Crippen LogP contribution in [0, 0.1) is 0 Å². The SMILES string of the molecule is COC1OC(CO)C(OC2OC(CO)C(OC)C(O)C2N2C(=O)c3ccccc3C2=O)C(O)C1NC(C)=O. The van der Waals surface area contributed by atoms with Crippen LogP contribution < -0.4 is 5.32 Å². The summed E-state index contributed by atoms with van der Waals surface area (Å²) in [6.07, 6.45) is -10.7. The van der Waals surface area contributed by atoms with Crippen molar-refractivity contribution in [2.24, 2.45) is 0 Å². The van der Waals surface area contributed by atoms with Crippen LogP contribution in [0.15, 0.2) is 24.3 Å². The second-order valence-electron chi connectivity index (χ2n) is 9.21. The summed E-state index contributed by atoms with van der Waals surface area (Å²) in [5, 5.41) is 44.8. The molecule has 0 bridgehead atoms. The lowest BCUT2D eigenvalue weighted by Crippen LogP contribution is -2.69. The molecule has 5 N–H and O–H groups in total. The van der Waals surface area contributed by atoms with Gasteiger partial charge < -0.3 is 49.4 Å². The number of hydrogen-bond acceptors (Lipinski definition) is 12. The number of methoxy groups -OCH3 is 2. The molecular weight excluding hydrogens is 508 g/mol. The third kappa shape index (κ3) is 4.95. The number of carbonyl (C=O) groups is 3. The fourth-order valence-corrected chi connectivity index (χ4v) is 5.19. The zero-order valence-electron chi connectivity index (χ0n) is 21.0. The van der Waals surface area contributed by atoms with Gasteiger partial charge in [0.05, 0.1) is 24.3 Å². The third-order valence-corrected chi connectivity index (χ3v) is 6.96. The fourth-order valence-electron chi connectivity index (χ4n) is 5.19. The van der Waals surface area contributed by atoms with E-state index in [9.17, 15) is 34.8 Å². The van der Waals surface area contributed by atoms with Gasteiger partial charge >= 0.3 is 0 Å². The monoisotopic (exact) mass is 540 g/mol. The van der Waals surface area contributed by atoms with Crippen LogP contribution in [-0.4, -0.2) is 132 Å². The van der Waals surface area contributed by atoms with Crippen molar-refractivity contribution in [1.82, 2.24) is 10.2 Å². The Balaban J connectivity index is 1.70. The van der Waals surface area contributed by atoms with Crippen molar-refractivity contribution in [3.8, 4) is 0 Å². The number of ether oxygens (including phenoxy) is 5. The summed E-state index contributed by atoms with van der Waals surface area (Å²) in [6, 6.07) is 3.50. The zero-order valence-corrected chi connectivity index (χ0v) is 21.0. The molecule has 3 heterocycles. The number of nitrogens with zero attached hydrogens (tertiary/aromatic N) is 1. The highest BCUT2D eigenvalue weighted by Gasteiger charge is 2.56. The first-order valence-corrected chi connectivity index (χ1v) is 12.0. The number of aliphatic hydroxyl groups is 4. The molecule has 1 aromatic rings. The third-order valence-electron chi connectivity index (χ3n) is 6.96. The van der Waals surface area contributed by atoms with Crippen molar-refractivity contribution in [2.75, 3.05) is 27.4 Å². The molecule has 0 radical (unpaired) electrons. The molecule has 1 aromatic carbocycles. The second kappa shape index (κ2) is 11.7. The number of aliphatic hydroxyl groups excluding tert-OH is 4. The van der Waals surface area contributed by atoms with Crippen molar-refractivity contribution in [3.05, 3.63) is 35.4 Å². The molecule has 3 aliphatic heterocycles. The Kier molecular flexibility index (Phi) is 8.76. The predicted molar refractivity (Wildman–Crippen MR) is 125 cm³/mol. The predicted octanol–water partition coefficient (Wildman–Crippen LogP) is -2.64. The average molecular weight is 541 g/mol. The van der Waals surface area contributed by atoms with E-state index >= 15 is 0 Å². The molecule has 0 aliphatic carbocycles. The van der Waals surface area contributed by atoms with Crippen molar-refractivity contribution in [3.63, 3.8) is 0 Å². The van der Waals surface area contributed by atoms with E-state index in [4.69, 9.17) is 23.7 Å². The van der Waals surface area contributed by atoms with E-state index in [-0.39, 0.29) is 11.1 Å². The highest BCUT2D eigenvalue weighted by Crippen LogP contribution is 2.35. The van der Waals surface area contributed by atoms with Crippen LogP contribution in [0.3, 0.4) is 0 Å². The van der Waals surface area contributed by atoms with E-state index in [1.54, 1.807) is 12.1 Å². The van der Waals surface area contributed by atoms with Crippen LogP contribution >= 0.6 is 0 Å². The number of rotatable bonds is 8. The van der Waals surface area contributed by atoms with Crippen molar-refractivity contribution < 1.29 is 58.5 Å². The summed E-state index contributed by atoms with van der Waals surface area (Å²) in [5.41, 5.74) is 0.231. The maximum Gasteiger partial charge on any atom is 0.262 e. The van der Waals surface area contributed by atoms with Gasteiger partial charge in [-0.05, 0) is 12.1 Å². The van der Waals surface area contributed by atoms with Crippen LogP contribution in [0.2, 0.25) is 0 Å². The van der Waals surface area contributed by atoms with E-state index < -0.39 is 92.2 Å². The molecule has 2 saturated heterocycles. The summed E-state index contributed by atoms with van der Waals surface area (Å²) in [7, 11) is 2.56. The Hall–Kier alpha value is -2.53. The smallest absolute Gasteiger partial charge is 0.262 e. The Morgan fingerprint density at radius 2 is 1.47 bits per heavy atom. The average Bonchev–Trinajstić information content (AvgIpc) is 3.15. The molecule has 10 atom stereocenters. The Morgan fingerprint density at radius 1 is 0.921 bits per heavy atom. The first kappa shape index (κ1) is 28.5. The van der Waals surface area contributed by atoms with E-state index in [0.717, 1.165) is 4.90 Å². The van der Waals surface area contributed by atoms with Crippen molar-refractivity contribution >= 4 is 17.7 Å². The van der Waals surface area contributed by atoms with Gasteiger partial charge in [-0.1, -0.05) is 12.1 Å². The quantitative estimate of drug-likeness (QED) is 0.216. The highest BCUT2D eigenvalue weighted by molar-refractivity contribution is 6.21. The molecule has 3 aliphatic rings. The summed E-state index contributed by atoms with van der Waals surface area (Å²) >= 11 is 0. The molecule has 0 aromatic heterocycles. The number of carbonyl (C=O) groups excluding carboxylic acids is 3. The molecule has 38 heavy (non-hydrogen) atoms. The first-order chi connectivity index (χ1) is 18.2. The molecule has 3 amide bonds. The lowest BCUT2D eigenvalue weighted by atomic mass is 9.93.